The average Bonchev–Trinajstić information content (AvgIpc) is 2.74. The quantitative estimate of drug-likeness (QED) is 0.587. The Morgan fingerprint density at radius 3 is 2.13 bits per heavy atom. The lowest BCUT2D eigenvalue weighted by molar-refractivity contribution is -0.126. The largest absolute Gasteiger partial charge is 0.356 e. The Hall–Kier alpha value is -1.60. The molecule has 5 nitrogen and oxygen atoms in total. The van der Waals surface area contributed by atoms with Gasteiger partial charge in [-0.15, -0.1) is 0 Å². The number of nitrogens with one attached hydrogen (secondary N) is 1. The van der Waals surface area contributed by atoms with Crippen LogP contribution in [-0.2, 0) is 27.0 Å². The van der Waals surface area contributed by atoms with Crippen molar-refractivity contribution in [3.05, 3.63) is 69.7 Å². The summed E-state index contributed by atoms with van der Waals surface area (Å²) in [7, 11) is -3.46. The van der Waals surface area contributed by atoms with Crippen LogP contribution in [-0.4, -0.2) is 38.3 Å². The summed E-state index contributed by atoms with van der Waals surface area (Å²) in [4.78, 5) is 12.4. The second-order valence-corrected chi connectivity index (χ2v) is 10.3. The van der Waals surface area contributed by atoms with Gasteiger partial charge in [0.25, 0.3) is 0 Å². The standard InChI is InChI=1S/C22H26Cl2N2O3S/c23-20-9-3-1-6-17(20)8-5-13-25-22(27)18-11-14-26(15-12-18)30(28,29)16-19-7-2-4-10-21(19)24/h1-4,6-7,9-10,18H,5,8,11-16H2,(H,25,27). The Labute approximate surface area is 188 Å². The monoisotopic (exact) mass is 468 g/mol. The molecule has 3 rings (SSSR count). The molecule has 1 N–H and O–H groups in total. The van der Waals surface area contributed by atoms with Gasteiger partial charge < -0.3 is 5.32 Å². The van der Waals surface area contributed by atoms with Crippen molar-refractivity contribution in [2.75, 3.05) is 19.6 Å². The fourth-order valence-corrected chi connectivity index (χ4v) is 5.74. The number of sulfonamides is 1. The number of hydrogen-bond acceptors (Lipinski definition) is 3. The number of rotatable bonds is 8. The van der Waals surface area contributed by atoms with E-state index in [1.165, 1.54) is 4.31 Å². The van der Waals surface area contributed by atoms with Gasteiger partial charge in [0.1, 0.15) is 0 Å². The van der Waals surface area contributed by atoms with Gasteiger partial charge in [0.05, 0.1) is 5.75 Å². The number of nitrogens with zero attached hydrogens (tertiary/aromatic N) is 1. The first-order valence-corrected chi connectivity index (χ1v) is 12.5. The molecule has 30 heavy (non-hydrogen) atoms. The molecule has 0 radical (unpaired) electrons. The summed E-state index contributed by atoms with van der Waals surface area (Å²) in [6, 6.07) is 14.7. The zero-order valence-corrected chi connectivity index (χ0v) is 19.0. The van der Waals surface area contributed by atoms with E-state index in [4.69, 9.17) is 23.2 Å². The van der Waals surface area contributed by atoms with E-state index in [9.17, 15) is 13.2 Å². The summed E-state index contributed by atoms with van der Waals surface area (Å²) < 4.78 is 26.9. The van der Waals surface area contributed by atoms with Crippen LogP contribution >= 0.6 is 23.2 Å². The Kier molecular flexibility index (Phi) is 8.17. The summed E-state index contributed by atoms with van der Waals surface area (Å²) >= 11 is 12.2. The Morgan fingerprint density at radius 2 is 1.53 bits per heavy atom. The molecular formula is C22H26Cl2N2O3S. The Morgan fingerprint density at radius 1 is 0.967 bits per heavy atom. The molecule has 1 amide bonds. The first-order valence-electron chi connectivity index (χ1n) is 10.1. The minimum Gasteiger partial charge on any atom is -0.356 e. The second kappa shape index (κ2) is 10.6. The minimum atomic E-state index is -3.46. The van der Waals surface area contributed by atoms with Crippen LogP contribution in [0.3, 0.4) is 0 Å². The zero-order valence-electron chi connectivity index (χ0n) is 16.7. The number of benzene rings is 2. The van der Waals surface area contributed by atoms with Gasteiger partial charge >= 0.3 is 0 Å². The molecule has 2 aromatic rings. The van der Waals surface area contributed by atoms with Crippen molar-refractivity contribution >= 4 is 39.1 Å². The number of hydrogen-bond donors (Lipinski definition) is 1. The van der Waals surface area contributed by atoms with E-state index in [2.05, 4.69) is 5.32 Å². The summed E-state index contributed by atoms with van der Waals surface area (Å²) in [6.45, 7) is 1.28. The van der Waals surface area contributed by atoms with Crippen molar-refractivity contribution in [1.29, 1.82) is 0 Å². The third-order valence-electron chi connectivity index (χ3n) is 5.39. The van der Waals surface area contributed by atoms with Crippen molar-refractivity contribution in [2.24, 2.45) is 5.92 Å². The van der Waals surface area contributed by atoms with Crippen LogP contribution in [0.1, 0.15) is 30.4 Å². The summed E-state index contributed by atoms with van der Waals surface area (Å²) in [5.74, 6) is -0.277. The van der Waals surface area contributed by atoms with E-state index in [1.54, 1.807) is 24.3 Å². The summed E-state index contributed by atoms with van der Waals surface area (Å²) in [5, 5.41) is 4.17. The maximum absolute atomic E-state index is 12.7. The highest BCUT2D eigenvalue weighted by molar-refractivity contribution is 7.88. The SMILES string of the molecule is O=C(NCCCc1ccccc1Cl)C1CCN(S(=O)(=O)Cc2ccccc2Cl)CC1. The molecule has 0 bridgehead atoms. The normalized spacial score (nSPS) is 15.8. The maximum atomic E-state index is 12.7. The van der Waals surface area contributed by atoms with Crippen LogP contribution < -0.4 is 5.32 Å². The van der Waals surface area contributed by atoms with Gasteiger partial charge in [0.2, 0.25) is 15.9 Å². The van der Waals surface area contributed by atoms with Crippen molar-refractivity contribution < 1.29 is 13.2 Å². The van der Waals surface area contributed by atoms with Crippen LogP contribution in [0.25, 0.3) is 0 Å². The van der Waals surface area contributed by atoms with Gasteiger partial charge in [-0.25, -0.2) is 12.7 Å². The van der Waals surface area contributed by atoms with E-state index < -0.39 is 10.0 Å². The number of carbonyl (C=O) groups excluding carboxylic acids is 1. The predicted molar refractivity (Wildman–Crippen MR) is 121 cm³/mol. The number of halogens is 2. The smallest absolute Gasteiger partial charge is 0.223 e. The van der Waals surface area contributed by atoms with E-state index in [0.29, 0.717) is 43.1 Å². The number of piperidine rings is 1. The lowest BCUT2D eigenvalue weighted by Gasteiger charge is -2.30. The summed E-state index contributed by atoms with van der Waals surface area (Å²) in [6.07, 6.45) is 2.66. The molecule has 0 aromatic heterocycles. The number of carbonyl (C=O) groups is 1. The van der Waals surface area contributed by atoms with Crippen molar-refractivity contribution in [2.45, 2.75) is 31.4 Å². The second-order valence-electron chi connectivity index (χ2n) is 7.51. The molecule has 8 heteroatoms. The molecule has 0 spiro atoms. The van der Waals surface area contributed by atoms with Crippen molar-refractivity contribution in [3.63, 3.8) is 0 Å². The first kappa shape index (κ1) is 23.1. The Bertz CT molecular complexity index is 974. The molecule has 2 aromatic carbocycles. The van der Waals surface area contributed by atoms with Crippen LogP contribution in [0.4, 0.5) is 0 Å². The molecule has 0 aliphatic carbocycles. The van der Waals surface area contributed by atoms with Crippen LogP contribution in [0.2, 0.25) is 10.0 Å². The fraction of sp³-hybridized carbons (Fsp3) is 0.409. The van der Waals surface area contributed by atoms with Crippen molar-refractivity contribution in [1.82, 2.24) is 9.62 Å². The molecule has 1 fully saturated rings. The third-order valence-corrected chi connectivity index (χ3v) is 7.96. The highest BCUT2D eigenvalue weighted by atomic mass is 35.5. The van der Waals surface area contributed by atoms with Gasteiger partial charge in [-0.05, 0) is 48.9 Å². The Balaban J connectivity index is 1.42. The van der Waals surface area contributed by atoms with Gasteiger partial charge in [0, 0.05) is 35.6 Å². The maximum Gasteiger partial charge on any atom is 0.223 e. The van der Waals surface area contributed by atoms with E-state index in [1.807, 2.05) is 24.3 Å². The van der Waals surface area contributed by atoms with E-state index in [0.717, 1.165) is 23.4 Å². The number of amides is 1. The molecule has 0 unspecified atom stereocenters. The fourth-order valence-electron chi connectivity index (χ4n) is 3.64. The highest BCUT2D eigenvalue weighted by Crippen LogP contribution is 2.24. The van der Waals surface area contributed by atoms with Crippen LogP contribution in [0.5, 0.6) is 0 Å². The average molecular weight is 469 g/mol. The van der Waals surface area contributed by atoms with E-state index >= 15 is 0 Å². The first-order chi connectivity index (χ1) is 14.4. The molecule has 1 aliphatic heterocycles. The molecular weight excluding hydrogens is 443 g/mol. The molecule has 162 valence electrons. The predicted octanol–water partition coefficient (Wildman–Crippen LogP) is 4.28. The minimum absolute atomic E-state index is 0.00249. The molecule has 0 saturated carbocycles. The molecule has 1 saturated heterocycles. The molecule has 1 heterocycles. The lowest BCUT2D eigenvalue weighted by Crippen LogP contribution is -2.43. The zero-order chi connectivity index (χ0) is 21.6. The highest BCUT2D eigenvalue weighted by Gasteiger charge is 2.31. The summed E-state index contributed by atoms with van der Waals surface area (Å²) in [5.41, 5.74) is 1.67. The number of aryl methyl sites for hydroxylation is 1. The molecule has 0 atom stereocenters. The molecule has 1 aliphatic rings. The van der Waals surface area contributed by atoms with Gasteiger partial charge in [-0.3, -0.25) is 4.79 Å². The van der Waals surface area contributed by atoms with Crippen molar-refractivity contribution in [3.8, 4) is 0 Å². The van der Waals surface area contributed by atoms with Gasteiger partial charge in [0.15, 0.2) is 0 Å². The lowest BCUT2D eigenvalue weighted by atomic mass is 9.97. The van der Waals surface area contributed by atoms with Gasteiger partial charge in [-0.1, -0.05) is 59.6 Å². The topological polar surface area (TPSA) is 66.5 Å². The van der Waals surface area contributed by atoms with Gasteiger partial charge in [-0.2, -0.15) is 0 Å². The van der Waals surface area contributed by atoms with Crippen LogP contribution in [0, 0.1) is 5.92 Å². The van der Waals surface area contributed by atoms with Crippen LogP contribution in [0.15, 0.2) is 48.5 Å². The van der Waals surface area contributed by atoms with E-state index in [-0.39, 0.29) is 17.6 Å². The third kappa shape index (κ3) is 6.20.